The number of rotatable bonds is 2. The summed E-state index contributed by atoms with van der Waals surface area (Å²) in [5.74, 6) is 0.523. The van der Waals surface area contributed by atoms with E-state index in [1.807, 2.05) is 32.0 Å². The van der Waals surface area contributed by atoms with Crippen molar-refractivity contribution in [2.24, 2.45) is 10.2 Å². The Hall–Kier alpha value is -2.80. The van der Waals surface area contributed by atoms with Crippen molar-refractivity contribution < 1.29 is 5.11 Å². The van der Waals surface area contributed by atoms with Crippen molar-refractivity contribution in [3.8, 4) is 5.88 Å². The van der Waals surface area contributed by atoms with Crippen LogP contribution in [0.5, 0.6) is 5.88 Å². The summed E-state index contributed by atoms with van der Waals surface area (Å²) in [5, 5.41) is 20.5. The maximum atomic E-state index is 10.2. The summed E-state index contributed by atoms with van der Waals surface area (Å²) < 4.78 is 0. The maximum Gasteiger partial charge on any atom is 0.218 e. The summed E-state index contributed by atoms with van der Waals surface area (Å²) in [5.41, 5.74) is 3.44. The Morgan fingerprint density at radius 1 is 1.12 bits per heavy atom. The lowest BCUT2D eigenvalue weighted by Crippen LogP contribution is -1.80. The molecule has 0 fully saturated rings. The highest BCUT2D eigenvalue weighted by molar-refractivity contribution is 7.18. The molecule has 4 rings (SSSR count). The summed E-state index contributed by atoms with van der Waals surface area (Å²) in [7, 11) is 0. The number of nitrogens with zero attached hydrogens (tertiary/aromatic N) is 4. The number of hydrogen-bond donors (Lipinski definition) is 2. The molecule has 3 heterocycles. The highest BCUT2D eigenvalue weighted by Crippen LogP contribution is 2.39. The minimum Gasteiger partial charge on any atom is -0.493 e. The SMILES string of the molecule is Cc1sc2ncnc(N=Nc3c(O)[nH]c4c(C)cccc34)c2c1C. The third-order valence-electron chi connectivity index (χ3n) is 4.19. The average molecular weight is 337 g/mol. The van der Waals surface area contributed by atoms with Crippen LogP contribution in [-0.4, -0.2) is 20.1 Å². The third kappa shape index (κ3) is 2.16. The molecule has 0 saturated heterocycles. The quantitative estimate of drug-likeness (QED) is 0.492. The topological polar surface area (TPSA) is 86.5 Å². The molecular weight excluding hydrogens is 322 g/mol. The molecular formula is C17H15N5OS. The van der Waals surface area contributed by atoms with E-state index in [4.69, 9.17) is 0 Å². The van der Waals surface area contributed by atoms with Crippen LogP contribution in [0.3, 0.4) is 0 Å². The van der Waals surface area contributed by atoms with Gasteiger partial charge in [-0.2, -0.15) is 0 Å². The number of aryl methyl sites for hydroxylation is 3. The highest BCUT2D eigenvalue weighted by atomic mass is 32.1. The molecule has 4 aromatic rings. The second kappa shape index (κ2) is 5.38. The lowest BCUT2D eigenvalue weighted by molar-refractivity contribution is 0.459. The maximum absolute atomic E-state index is 10.2. The second-order valence-corrected chi connectivity index (χ2v) is 6.88. The van der Waals surface area contributed by atoms with E-state index in [1.165, 1.54) is 11.2 Å². The summed E-state index contributed by atoms with van der Waals surface area (Å²) in [6.07, 6.45) is 1.49. The zero-order valence-electron chi connectivity index (χ0n) is 13.5. The van der Waals surface area contributed by atoms with E-state index in [1.54, 1.807) is 11.3 Å². The van der Waals surface area contributed by atoms with Gasteiger partial charge in [-0.3, -0.25) is 0 Å². The number of aromatic hydroxyl groups is 1. The second-order valence-electron chi connectivity index (χ2n) is 5.68. The molecule has 0 aliphatic heterocycles. The van der Waals surface area contributed by atoms with Gasteiger partial charge in [0.05, 0.1) is 10.9 Å². The van der Waals surface area contributed by atoms with Gasteiger partial charge in [0.25, 0.3) is 0 Å². The Balaban J connectivity index is 1.88. The molecule has 120 valence electrons. The molecule has 2 N–H and O–H groups in total. The van der Waals surface area contributed by atoms with Crippen molar-refractivity contribution in [3.63, 3.8) is 0 Å². The Morgan fingerprint density at radius 3 is 2.79 bits per heavy atom. The Kier molecular flexibility index (Phi) is 3.31. The van der Waals surface area contributed by atoms with Crippen LogP contribution in [-0.2, 0) is 0 Å². The molecule has 0 atom stereocenters. The van der Waals surface area contributed by atoms with Gasteiger partial charge >= 0.3 is 0 Å². The average Bonchev–Trinajstić information content (AvgIpc) is 3.04. The zero-order valence-corrected chi connectivity index (χ0v) is 14.3. The molecule has 0 unspecified atom stereocenters. The van der Waals surface area contributed by atoms with E-state index >= 15 is 0 Å². The lowest BCUT2D eigenvalue weighted by Gasteiger charge is -1.97. The van der Waals surface area contributed by atoms with Gasteiger partial charge in [0.15, 0.2) is 11.5 Å². The van der Waals surface area contributed by atoms with E-state index < -0.39 is 0 Å². The van der Waals surface area contributed by atoms with Crippen molar-refractivity contribution in [2.45, 2.75) is 20.8 Å². The van der Waals surface area contributed by atoms with Gasteiger partial charge in [0.1, 0.15) is 11.2 Å². The number of benzene rings is 1. The fourth-order valence-electron chi connectivity index (χ4n) is 2.77. The van der Waals surface area contributed by atoms with E-state index in [9.17, 15) is 5.11 Å². The van der Waals surface area contributed by atoms with Gasteiger partial charge in [0.2, 0.25) is 5.88 Å². The van der Waals surface area contributed by atoms with Gasteiger partial charge in [0, 0.05) is 10.3 Å². The van der Waals surface area contributed by atoms with Crippen LogP contribution >= 0.6 is 11.3 Å². The fraction of sp³-hybridized carbons (Fsp3) is 0.176. The van der Waals surface area contributed by atoms with Crippen LogP contribution in [0.4, 0.5) is 11.5 Å². The number of fused-ring (bicyclic) bond motifs is 2. The molecule has 0 amide bonds. The van der Waals surface area contributed by atoms with Crippen molar-refractivity contribution in [3.05, 3.63) is 40.5 Å². The van der Waals surface area contributed by atoms with E-state index in [0.29, 0.717) is 11.5 Å². The summed E-state index contributed by atoms with van der Waals surface area (Å²) in [4.78, 5) is 13.6. The molecule has 0 radical (unpaired) electrons. The van der Waals surface area contributed by atoms with Crippen LogP contribution in [0.2, 0.25) is 0 Å². The number of nitrogens with one attached hydrogen (secondary N) is 1. The summed E-state index contributed by atoms with van der Waals surface area (Å²) in [6, 6.07) is 5.81. The van der Waals surface area contributed by atoms with E-state index in [0.717, 1.165) is 32.2 Å². The van der Waals surface area contributed by atoms with Gasteiger partial charge < -0.3 is 10.1 Å². The van der Waals surface area contributed by atoms with E-state index in [2.05, 4.69) is 32.1 Å². The monoisotopic (exact) mass is 337 g/mol. The number of azo groups is 1. The minimum atomic E-state index is 0.00608. The van der Waals surface area contributed by atoms with Gasteiger partial charge in [-0.05, 0) is 31.9 Å². The first-order valence-corrected chi connectivity index (χ1v) is 8.30. The fourth-order valence-corrected chi connectivity index (χ4v) is 3.77. The van der Waals surface area contributed by atoms with Gasteiger partial charge in [-0.1, -0.05) is 18.2 Å². The van der Waals surface area contributed by atoms with Crippen LogP contribution in [0, 0.1) is 20.8 Å². The van der Waals surface area contributed by atoms with Crippen LogP contribution in [0.25, 0.3) is 21.1 Å². The Bertz CT molecular complexity index is 1110. The van der Waals surface area contributed by atoms with Gasteiger partial charge in [-0.15, -0.1) is 21.6 Å². The number of H-pyrrole nitrogens is 1. The number of aromatic nitrogens is 3. The Labute approximate surface area is 141 Å². The summed E-state index contributed by atoms with van der Waals surface area (Å²) in [6.45, 7) is 6.06. The molecule has 0 saturated carbocycles. The molecule has 6 nitrogen and oxygen atoms in total. The first-order chi connectivity index (χ1) is 11.6. The first-order valence-electron chi connectivity index (χ1n) is 7.49. The molecule has 0 aliphatic rings. The Morgan fingerprint density at radius 2 is 1.96 bits per heavy atom. The van der Waals surface area contributed by atoms with E-state index in [-0.39, 0.29) is 5.88 Å². The minimum absolute atomic E-state index is 0.00608. The van der Waals surface area contributed by atoms with Gasteiger partial charge in [-0.25, -0.2) is 9.97 Å². The van der Waals surface area contributed by atoms with Crippen LogP contribution in [0.1, 0.15) is 16.0 Å². The number of para-hydroxylation sites is 1. The smallest absolute Gasteiger partial charge is 0.218 e. The zero-order chi connectivity index (χ0) is 16.8. The predicted molar refractivity (Wildman–Crippen MR) is 95.8 cm³/mol. The normalized spacial score (nSPS) is 12.0. The standard InChI is InChI=1S/C17H15N5OS/c1-8-5-4-6-11-13(8)20-16(23)14(11)21-22-15-12-9(2)10(3)24-17(12)19-7-18-15/h4-7,20,23H,1-3H3. The summed E-state index contributed by atoms with van der Waals surface area (Å²) >= 11 is 1.62. The van der Waals surface area contributed by atoms with Crippen molar-refractivity contribution in [2.75, 3.05) is 0 Å². The number of aromatic amines is 1. The number of hydrogen-bond acceptors (Lipinski definition) is 6. The predicted octanol–water partition coefficient (Wildman–Crippen LogP) is 5.22. The molecule has 3 aromatic heterocycles. The number of thiophene rings is 1. The molecule has 24 heavy (non-hydrogen) atoms. The van der Waals surface area contributed by atoms with Crippen molar-refractivity contribution >= 4 is 44.0 Å². The van der Waals surface area contributed by atoms with Crippen LogP contribution < -0.4 is 0 Å². The molecule has 1 aromatic carbocycles. The largest absolute Gasteiger partial charge is 0.493 e. The molecule has 0 aliphatic carbocycles. The molecule has 0 spiro atoms. The molecule has 7 heteroatoms. The lowest BCUT2D eigenvalue weighted by atomic mass is 10.1. The van der Waals surface area contributed by atoms with Crippen molar-refractivity contribution in [1.82, 2.24) is 15.0 Å². The third-order valence-corrected chi connectivity index (χ3v) is 5.30. The van der Waals surface area contributed by atoms with Crippen LogP contribution in [0.15, 0.2) is 34.8 Å². The van der Waals surface area contributed by atoms with Crippen molar-refractivity contribution in [1.29, 1.82) is 0 Å². The first kappa shape index (κ1) is 14.8. The molecule has 0 bridgehead atoms. The highest BCUT2D eigenvalue weighted by Gasteiger charge is 2.14.